The van der Waals surface area contributed by atoms with Gasteiger partial charge in [0.15, 0.2) is 9.84 Å². The van der Waals surface area contributed by atoms with Gasteiger partial charge < -0.3 is 15.0 Å². The van der Waals surface area contributed by atoms with Crippen LogP contribution < -0.4 is 5.32 Å². The van der Waals surface area contributed by atoms with Crippen molar-refractivity contribution in [1.29, 1.82) is 0 Å². The number of aromatic nitrogens is 1. The minimum atomic E-state index is -3.55. The molecule has 186 valence electrons. The first-order valence-electron chi connectivity index (χ1n) is 11.7. The third-order valence-corrected chi connectivity index (χ3v) is 7.71. The average Bonchev–Trinajstić information content (AvgIpc) is 3.23. The molecule has 4 rings (SSSR count). The summed E-state index contributed by atoms with van der Waals surface area (Å²) in [5.41, 5.74) is 4.72. The van der Waals surface area contributed by atoms with Gasteiger partial charge in [-0.05, 0) is 71.3 Å². The molecule has 0 bridgehead atoms. The molecule has 3 aromatic carbocycles. The number of carboxylic acid groups (broad SMARTS) is 1. The number of benzene rings is 3. The van der Waals surface area contributed by atoms with Crippen molar-refractivity contribution in [3.8, 4) is 0 Å². The van der Waals surface area contributed by atoms with Crippen LogP contribution in [0.4, 0.5) is 5.69 Å². The van der Waals surface area contributed by atoms with E-state index in [9.17, 15) is 13.2 Å². The molecule has 0 aliphatic rings. The van der Waals surface area contributed by atoms with Crippen molar-refractivity contribution < 1.29 is 18.3 Å². The molecule has 0 saturated heterocycles. The highest BCUT2D eigenvalue weighted by Crippen LogP contribution is 2.24. The lowest BCUT2D eigenvalue weighted by molar-refractivity contribution is 0.0696. The molecule has 0 spiro atoms. The molecule has 0 radical (unpaired) electrons. The topological polar surface area (TPSA) is 88.4 Å². The molecular formula is C29H30N2O4S. The standard InChI is InChI=1S/C29H30N2O4S/c1-29(2,3)24-9-5-21(6-10-24)20-31-17-15-23-19-25(11-14-27(23)31)30-16-4-18-36(34,35)26-12-7-22(8-13-26)28(32)33/h4-17,19,30H,18,20H2,1-3H3,(H,32,33). The van der Waals surface area contributed by atoms with Gasteiger partial charge in [0, 0.05) is 29.3 Å². The van der Waals surface area contributed by atoms with Gasteiger partial charge in [-0.15, -0.1) is 0 Å². The fourth-order valence-electron chi connectivity index (χ4n) is 3.97. The van der Waals surface area contributed by atoms with Crippen LogP contribution in [0.25, 0.3) is 10.9 Å². The molecular weight excluding hydrogens is 472 g/mol. The number of anilines is 1. The van der Waals surface area contributed by atoms with Crippen LogP contribution in [0, 0.1) is 0 Å². The Morgan fingerprint density at radius 2 is 1.67 bits per heavy atom. The monoisotopic (exact) mass is 502 g/mol. The van der Waals surface area contributed by atoms with E-state index in [-0.39, 0.29) is 21.6 Å². The second kappa shape index (κ2) is 10.0. The minimum absolute atomic E-state index is 0.0498. The zero-order chi connectivity index (χ0) is 25.9. The maximum atomic E-state index is 12.5. The lowest BCUT2D eigenvalue weighted by atomic mass is 9.87. The van der Waals surface area contributed by atoms with Gasteiger partial charge in [-0.2, -0.15) is 0 Å². The van der Waals surface area contributed by atoms with Crippen molar-refractivity contribution in [3.63, 3.8) is 0 Å². The Labute approximate surface area is 211 Å². The molecule has 1 aromatic heterocycles. The van der Waals surface area contributed by atoms with E-state index in [4.69, 9.17) is 5.11 Å². The molecule has 1 heterocycles. The van der Waals surface area contributed by atoms with Crippen LogP contribution in [0.5, 0.6) is 0 Å². The van der Waals surface area contributed by atoms with Gasteiger partial charge in [-0.1, -0.05) is 51.1 Å². The molecule has 0 fully saturated rings. The zero-order valence-corrected chi connectivity index (χ0v) is 21.4. The molecule has 0 aliphatic carbocycles. The zero-order valence-electron chi connectivity index (χ0n) is 20.6. The SMILES string of the molecule is CC(C)(C)c1ccc(Cn2ccc3cc(NC=CCS(=O)(=O)c4ccc(C(=O)O)cc4)ccc32)cc1. The maximum absolute atomic E-state index is 12.5. The van der Waals surface area contributed by atoms with E-state index in [1.807, 2.05) is 12.1 Å². The molecule has 0 unspecified atom stereocenters. The Morgan fingerprint density at radius 1 is 0.972 bits per heavy atom. The number of fused-ring (bicyclic) bond motifs is 1. The van der Waals surface area contributed by atoms with Gasteiger partial charge in [0.2, 0.25) is 0 Å². The highest BCUT2D eigenvalue weighted by atomic mass is 32.2. The number of aromatic carboxylic acids is 1. The molecule has 4 aromatic rings. The first kappa shape index (κ1) is 25.3. The molecule has 0 atom stereocenters. The molecule has 2 N–H and O–H groups in total. The van der Waals surface area contributed by atoms with E-state index in [0.29, 0.717) is 0 Å². The summed E-state index contributed by atoms with van der Waals surface area (Å²) in [4.78, 5) is 11.0. The van der Waals surface area contributed by atoms with Gasteiger partial charge in [-0.3, -0.25) is 0 Å². The summed E-state index contributed by atoms with van der Waals surface area (Å²) < 4.78 is 27.2. The first-order valence-corrected chi connectivity index (χ1v) is 13.3. The second-order valence-electron chi connectivity index (χ2n) is 9.82. The number of hydrogen-bond donors (Lipinski definition) is 2. The number of sulfone groups is 1. The minimum Gasteiger partial charge on any atom is -0.478 e. The van der Waals surface area contributed by atoms with E-state index in [2.05, 4.69) is 73.3 Å². The van der Waals surface area contributed by atoms with E-state index in [1.165, 1.54) is 41.5 Å². The number of nitrogens with zero attached hydrogens (tertiary/aromatic N) is 1. The van der Waals surface area contributed by atoms with Crippen LogP contribution >= 0.6 is 0 Å². The van der Waals surface area contributed by atoms with Crippen molar-refractivity contribution in [3.05, 3.63) is 108 Å². The van der Waals surface area contributed by atoms with Crippen molar-refractivity contribution in [2.75, 3.05) is 11.1 Å². The summed E-state index contributed by atoms with van der Waals surface area (Å²) in [7, 11) is -3.55. The lowest BCUT2D eigenvalue weighted by Crippen LogP contribution is -2.10. The predicted molar refractivity (Wildman–Crippen MR) is 144 cm³/mol. The average molecular weight is 503 g/mol. The first-order chi connectivity index (χ1) is 17.0. The molecule has 6 nitrogen and oxygen atoms in total. The predicted octanol–water partition coefficient (Wildman–Crippen LogP) is 6.08. The number of nitrogens with one attached hydrogen (secondary N) is 1. The van der Waals surface area contributed by atoms with Crippen LogP contribution in [-0.4, -0.2) is 29.8 Å². The highest BCUT2D eigenvalue weighted by molar-refractivity contribution is 7.91. The van der Waals surface area contributed by atoms with E-state index in [0.717, 1.165) is 23.1 Å². The van der Waals surface area contributed by atoms with Crippen molar-refractivity contribution >= 4 is 32.4 Å². The van der Waals surface area contributed by atoms with Crippen molar-refractivity contribution in [2.45, 2.75) is 37.6 Å². The Bertz CT molecular complexity index is 1510. The smallest absolute Gasteiger partial charge is 0.335 e. The summed E-state index contributed by atoms with van der Waals surface area (Å²) in [5, 5.41) is 13.2. The van der Waals surface area contributed by atoms with Gasteiger partial charge in [-0.25, -0.2) is 13.2 Å². The van der Waals surface area contributed by atoms with Gasteiger partial charge in [0.05, 0.1) is 16.2 Å². The molecule has 0 aliphatic heterocycles. The fourth-order valence-corrected chi connectivity index (χ4v) is 5.06. The quantitative estimate of drug-likeness (QED) is 0.305. The van der Waals surface area contributed by atoms with E-state index in [1.54, 1.807) is 6.20 Å². The summed E-state index contributed by atoms with van der Waals surface area (Å²) in [6.07, 6.45) is 5.22. The van der Waals surface area contributed by atoms with Crippen LogP contribution in [0.3, 0.4) is 0 Å². The number of carbonyl (C=O) groups is 1. The Morgan fingerprint density at radius 3 is 2.31 bits per heavy atom. The molecule has 0 amide bonds. The largest absolute Gasteiger partial charge is 0.478 e. The van der Waals surface area contributed by atoms with Crippen LogP contribution in [0.1, 0.15) is 42.3 Å². The summed E-state index contributed by atoms with van der Waals surface area (Å²) in [6, 6.07) is 22.1. The number of hydrogen-bond acceptors (Lipinski definition) is 4. The van der Waals surface area contributed by atoms with Gasteiger partial charge in [0.25, 0.3) is 0 Å². The third-order valence-electron chi connectivity index (χ3n) is 6.09. The third kappa shape index (κ3) is 5.86. The second-order valence-corrected chi connectivity index (χ2v) is 11.9. The highest BCUT2D eigenvalue weighted by Gasteiger charge is 2.14. The van der Waals surface area contributed by atoms with Crippen LogP contribution in [0.15, 0.2) is 96.2 Å². The number of carboxylic acids is 1. The van der Waals surface area contributed by atoms with Gasteiger partial charge in [0.1, 0.15) is 0 Å². The fraction of sp³-hybridized carbons (Fsp3) is 0.207. The Hall–Kier alpha value is -3.84. The number of rotatable bonds is 8. The van der Waals surface area contributed by atoms with Crippen LogP contribution in [0.2, 0.25) is 0 Å². The molecule has 36 heavy (non-hydrogen) atoms. The van der Waals surface area contributed by atoms with Crippen molar-refractivity contribution in [2.24, 2.45) is 0 Å². The molecule has 7 heteroatoms. The normalized spacial score (nSPS) is 12.3. The summed E-state index contributed by atoms with van der Waals surface area (Å²) >= 11 is 0. The van der Waals surface area contributed by atoms with Crippen molar-refractivity contribution in [1.82, 2.24) is 4.57 Å². The summed E-state index contributed by atoms with van der Waals surface area (Å²) in [5.74, 6) is -1.29. The summed E-state index contributed by atoms with van der Waals surface area (Å²) in [6.45, 7) is 7.42. The Kier molecular flexibility index (Phi) is 7.04. The van der Waals surface area contributed by atoms with Crippen LogP contribution in [-0.2, 0) is 21.8 Å². The lowest BCUT2D eigenvalue weighted by Gasteiger charge is -2.19. The van der Waals surface area contributed by atoms with E-state index >= 15 is 0 Å². The van der Waals surface area contributed by atoms with Gasteiger partial charge >= 0.3 is 5.97 Å². The Balaban J connectivity index is 1.39. The maximum Gasteiger partial charge on any atom is 0.335 e. The van der Waals surface area contributed by atoms with E-state index < -0.39 is 15.8 Å². The molecule has 0 saturated carbocycles.